The summed E-state index contributed by atoms with van der Waals surface area (Å²) in [4.78, 5) is 12.1. The summed E-state index contributed by atoms with van der Waals surface area (Å²) in [5, 5.41) is 12.4. The average Bonchev–Trinajstić information content (AvgIpc) is 2.71. The second kappa shape index (κ2) is 13.0. The van der Waals surface area contributed by atoms with Crippen LogP contribution in [0.3, 0.4) is 0 Å². The first-order valence-corrected chi connectivity index (χ1v) is 10.2. The van der Waals surface area contributed by atoms with Gasteiger partial charge in [-0.05, 0) is 24.8 Å². The molecule has 0 radical (unpaired) electrons. The summed E-state index contributed by atoms with van der Waals surface area (Å²) in [6, 6.07) is 15.9. The number of unbranched alkanes of at least 4 members (excludes halogenated alkanes) is 5. The molecular formula is C23H33N2O2+. The number of benzene rings is 1. The van der Waals surface area contributed by atoms with Crippen LogP contribution in [0.25, 0.3) is 0 Å². The van der Waals surface area contributed by atoms with Crippen LogP contribution in [-0.4, -0.2) is 23.7 Å². The molecule has 0 bridgehead atoms. The van der Waals surface area contributed by atoms with Crippen molar-refractivity contribution >= 4 is 5.91 Å². The maximum Gasteiger partial charge on any atom is 0.220 e. The van der Waals surface area contributed by atoms with E-state index in [-0.39, 0.29) is 18.6 Å². The fourth-order valence-electron chi connectivity index (χ4n) is 3.23. The Morgan fingerprint density at radius 1 is 0.889 bits per heavy atom. The van der Waals surface area contributed by atoms with Crippen LogP contribution in [0.5, 0.6) is 0 Å². The van der Waals surface area contributed by atoms with Crippen molar-refractivity contribution in [1.29, 1.82) is 0 Å². The van der Waals surface area contributed by atoms with Crippen molar-refractivity contribution in [1.82, 2.24) is 5.32 Å². The lowest BCUT2D eigenvalue weighted by Crippen LogP contribution is -2.38. The minimum Gasteiger partial charge on any atom is -0.394 e. The number of aliphatic hydroxyl groups is 1. The summed E-state index contributed by atoms with van der Waals surface area (Å²) in [5.41, 5.74) is 1.13. The Hall–Kier alpha value is -2.20. The van der Waals surface area contributed by atoms with Crippen LogP contribution in [-0.2, 0) is 17.8 Å². The lowest BCUT2D eigenvalue weighted by molar-refractivity contribution is -0.697. The first kappa shape index (κ1) is 21.1. The van der Waals surface area contributed by atoms with E-state index in [1.54, 1.807) is 0 Å². The molecule has 0 saturated heterocycles. The smallest absolute Gasteiger partial charge is 0.220 e. The number of rotatable bonds is 13. The van der Waals surface area contributed by atoms with Crippen LogP contribution in [0.15, 0.2) is 60.9 Å². The van der Waals surface area contributed by atoms with Gasteiger partial charge < -0.3 is 10.4 Å². The molecule has 0 spiro atoms. The van der Waals surface area contributed by atoms with E-state index in [0.717, 1.165) is 24.9 Å². The van der Waals surface area contributed by atoms with Crippen molar-refractivity contribution in [3.05, 3.63) is 66.5 Å². The van der Waals surface area contributed by atoms with Gasteiger partial charge in [-0.15, -0.1) is 0 Å². The normalized spacial score (nSPS) is 11.9. The molecule has 2 rings (SSSR count). The van der Waals surface area contributed by atoms with Crippen molar-refractivity contribution in [3.8, 4) is 0 Å². The Morgan fingerprint density at radius 3 is 2.22 bits per heavy atom. The Balaban J connectivity index is 1.49. The van der Waals surface area contributed by atoms with Gasteiger partial charge in [0.05, 0.1) is 12.6 Å². The summed E-state index contributed by atoms with van der Waals surface area (Å²) in [7, 11) is 0. The van der Waals surface area contributed by atoms with Gasteiger partial charge in [-0.1, -0.05) is 55.7 Å². The highest BCUT2D eigenvalue weighted by Gasteiger charge is 2.11. The molecule has 1 aromatic carbocycles. The molecule has 4 heteroatoms. The third-order valence-electron chi connectivity index (χ3n) is 4.76. The molecular weight excluding hydrogens is 336 g/mol. The standard InChI is InChI=1S/C23H32N2O2/c26-20-22(19-21-13-7-5-8-14-21)24-23(27)15-9-3-1-2-4-10-16-25-17-11-6-12-18-25/h5-8,11-14,17-18,22,26H,1-4,9-10,15-16,19-20H2/p+1. The molecule has 27 heavy (non-hydrogen) atoms. The van der Waals surface area contributed by atoms with Crippen LogP contribution >= 0.6 is 0 Å². The molecule has 2 N–H and O–H groups in total. The maximum atomic E-state index is 12.1. The monoisotopic (exact) mass is 369 g/mol. The van der Waals surface area contributed by atoms with Crippen molar-refractivity contribution in [2.45, 2.75) is 64.0 Å². The first-order valence-electron chi connectivity index (χ1n) is 10.2. The zero-order valence-corrected chi connectivity index (χ0v) is 16.2. The largest absolute Gasteiger partial charge is 0.394 e. The van der Waals surface area contributed by atoms with E-state index in [0.29, 0.717) is 12.8 Å². The fraction of sp³-hybridized carbons (Fsp3) is 0.478. The van der Waals surface area contributed by atoms with Crippen LogP contribution < -0.4 is 9.88 Å². The van der Waals surface area contributed by atoms with E-state index >= 15 is 0 Å². The predicted molar refractivity (Wildman–Crippen MR) is 108 cm³/mol. The second-order valence-corrected chi connectivity index (χ2v) is 7.12. The molecule has 1 amide bonds. The zero-order chi connectivity index (χ0) is 19.2. The van der Waals surface area contributed by atoms with Gasteiger partial charge in [-0.2, -0.15) is 0 Å². The van der Waals surface area contributed by atoms with Crippen LogP contribution in [0.1, 0.15) is 50.5 Å². The Bertz CT molecular complexity index is 631. The Labute approximate surface area is 163 Å². The SMILES string of the molecule is O=C(CCCCCCCC[n+]1ccccc1)NC(CO)Cc1ccccc1. The summed E-state index contributed by atoms with van der Waals surface area (Å²) in [6.07, 6.45) is 12.3. The van der Waals surface area contributed by atoms with Gasteiger partial charge >= 0.3 is 0 Å². The van der Waals surface area contributed by atoms with E-state index in [1.165, 1.54) is 25.7 Å². The molecule has 0 aliphatic carbocycles. The topological polar surface area (TPSA) is 53.2 Å². The van der Waals surface area contributed by atoms with Gasteiger partial charge in [0.2, 0.25) is 5.91 Å². The number of hydrogen-bond acceptors (Lipinski definition) is 2. The van der Waals surface area contributed by atoms with Gasteiger partial charge in [0.1, 0.15) is 6.54 Å². The maximum absolute atomic E-state index is 12.1. The predicted octanol–water partition coefficient (Wildman–Crippen LogP) is 3.42. The first-order chi connectivity index (χ1) is 13.3. The van der Waals surface area contributed by atoms with Gasteiger partial charge in [0.25, 0.3) is 0 Å². The second-order valence-electron chi connectivity index (χ2n) is 7.12. The molecule has 146 valence electrons. The number of nitrogens with one attached hydrogen (secondary N) is 1. The van der Waals surface area contributed by atoms with E-state index in [9.17, 15) is 9.90 Å². The number of carbonyl (C=O) groups is 1. The van der Waals surface area contributed by atoms with Crippen LogP contribution in [0, 0.1) is 0 Å². The Morgan fingerprint density at radius 2 is 1.52 bits per heavy atom. The van der Waals surface area contributed by atoms with Crippen molar-refractivity contribution in [2.75, 3.05) is 6.61 Å². The molecule has 0 fully saturated rings. The lowest BCUT2D eigenvalue weighted by atomic mass is 10.1. The highest BCUT2D eigenvalue weighted by Crippen LogP contribution is 2.08. The third-order valence-corrected chi connectivity index (χ3v) is 4.76. The quantitative estimate of drug-likeness (QED) is 0.420. The molecule has 1 heterocycles. The molecule has 0 aliphatic rings. The summed E-state index contributed by atoms with van der Waals surface area (Å²) < 4.78 is 2.22. The van der Waals surface area contributed by atoms with Crippen LogP contribution in [0.2, 0.25) is 0 Å². The Kier molecular flexibility index (Phi) is 10.2. The lowest BCUT2D eigenvalue weighted by Gasteiger charge is -2.16. The highest BCUT2D eigenvalue weighted by atomic mass is 16.3. The molecule has 0 aliphatic heterocycles. The summed E-state index contributed by atoms with van der Waals surface area (Å²) >= 11 is 0. The van der Waals surface area contributed by atoms with Crippen molar-refractivity contribution in [3.63, 3.8) is 0 Å². The van der Waals surface area contributed by atoms with Crippen molar-refractivity contribution < 1.29 is 14.5 Å². The highest BCUT2D eigenvalue weighted by molar-refractivity contribution is 5.76. The molecule has 1 aromatic heterocycles. The molecule has 4 nitrogen and oxygen atoms in total. The van der Waals surface area contributed by atoms with E-state index in [1.807, 2.05) is 36.4 Å². The number of aryl methyl sites for hydroxylation is 1. The van der Waals surface area contributed by atoms with Crippen LogP contribution in [0.4, 0.5) is 0 Å². The number of amides is 1. The number of pyridine rings is 1. The van der Waals surface area contributed by atoms with Crippen molar-refractivity contribution in [2.24, 2.45) is 0 Å². The van der Waals surface area contributed by atoms with E-state index < -0.39 is 0 Å². The van der Waals surface area contributed by atoms with E-state index in [2.05, 4.69) is 34.4 Å². The minimum absolute atomic E-state index is 0.0277. The van der Waals surface area contributed by atoms with Gasteiger partial charge in [-0.25, -0.2) is 4.57 Å². The number of aliphatic hydroxyl groups excluding tert-OH is 1. The molecule has 0 saturated carbocycles. The van der Waals surface area contributed by atoms with E-state index in [4.69, 9.17) is 0 Å². The number of carbonyl (C=O) groups excluding carboxylic acids is 1. The molecule has 1 atom stereocenters. The number of hydrogen-bond donors (Lipinski definition) is 2. The third kappa shape index (κ3) is 9.34. The number of aromatic nitrogens is 1. The molecule has 1 unspecified atom stereocenters. The summed E-state index contributed by atoms with van der Waals surface area (Å²) in [5.74, 6) is 0.0467. The zero-order valence-electron chi connectivity index (χ0n) is 16.2. The minimum atomic E-state index is -0.199. The fourth-order valence-corrected chi connectivity index (χ4v) is 3.23. The average molecular weight is 370 g/mol. The summed E-state index contributed by atoms with van der Waals surface area (Å²) in [6.45, 7) is 1.05. The van der Waals surface area contributed by atoms with Gasteiger partial charge in [-0.3, -0.25) is 4.79 Å². The molecule has 2 aromatic rings. The number of nitrogens with zero attached hydrogens (tertiary/aromatic N) is 1. The van der Waals surface area contributed by atoms with Gasteiger partial charge in [0, 0.05) is 25.0 Å². The van der Waals surface area contributed by atoms with Gasteiger partial charge in [0.15, 0.2) is 12.4 Å².